The first-order chi connectivity index (χ1) is 57.3. The Morgan fingerprint density at radius 3 is 0.552 bits per heavy atom. The monoisotopic (exact) mass is 1580 g/mol. The fourth-order valence-corrected chi connectivity index (χ4v) is 17.1. The van der Waals surface area contributed by atoms with E-state index < -0.39 is 0 Å². The van der Waals surface area contributed by atoms with Crippen molar-refractivity contribution < 1.29 is 76.0 Å². The Kier molecular flexibility index (Phi) is 32.7. The number of unbranched alkanes of at least 4 members (excludes halogenated alkanes) is 28. The lowest BCUT2D eigenvalue weighted by molar-refractivity contribution is 0.0488. The van der Waals surface area contributed by atoms with E-state index in [0.717, 1.165) is 322 Å². The number of nitrogens with zero attached hydrogens (tertiary/aromatic N) is 4. The number of carbonyl (C=O) groups excluding carboxylic acids is 4. The van der Waals surface area contributed by atoms with E-state index in [4.69, 9.17) is 56.8 Å². The van der Waals surface area contributed by atoms with Crippen LogP contribution in [0.4, 0.5) is 0 Å². The van der Waals surface area contributed by atoms with Crippen molar-refractivity contribution in [3.63, 3.8) is 0 Å². The first-order valence-electron chi connectivity index (χ1n) is 43.3. The molecule has 0 saturated carbocycles. The van der Waals surface area contributed by atoms with Crippen LogP contribution in [-0.4, -0.2) is 97.4 Å². The van der Waals surface area contributed by atoms with Gasteiger partial charge in [-0.05, 0) is 124 Å². The highest BCUT2D eigenvalue weighted by atomic mass is 16.7. The molecule has 1 aliphatic carbocycles. The molecule has 8 aromatic rings. The Hall–Kier alpha value is -10.2. The summed E-state index contributed by atoms with van der Waals surface area (Å²) in [5, 5.41) is 0. The van der Waals surface area contributed by atoms with Crippen LogP contribution in [0.5, 0.6) is 46.0 Å². The van der Waals surface area contributed by atoms with Gasteiger partial charge in [-0.3, -0.25) is 19.9 Å². The van der Waals surface area contributed by atoms with Gasteiger partial charge in [0.1, 0.15) is 46.0 Å². The van der Waals surface area contributed by atoms with Crippen LogP contribution in [0.25, 0.3) is 0 Å². The van der Waals surface area contributed by atoms with E-state index in [-0.39, 0.29) is 74.7 Å². The van der Waals surface area contributed by atoms with Crippen LogP contribution in [0, 0.1) is 0 Å². The second-order valence-corrected chi connectivity index (χ2v) is 31.5. The third-order valence-corrected chi connectivity index (χ3v) is 23.4. The second-order valence-electron chi connectivity index (χ2n) is 31.5. The summed E-state index contributed by atoms with van der Waals surface area (Å²) in [6.07, 6.45) is 49.3. The maximum Gasteiger partial charge on any atom is 0.338 e. The van der Waals surface area contributed by atoms with Crippen LogP contribution in [0.1, 0.15) is 341 Å². The maximum atomic E-state index is 12.6. The highest BCUT2D eigenvalue weighted by Crippen LogP contribution is 2.55. The zero-order valence-electron chi connectivity index (χ0n) is 67.6. The highest BCUT2D eigenvalue weighted by Gasteiger charge is 2.38. The van der Waals surface area contributed by atoms with Crippen molar-refractivity contribution in [2.24, 2.45) is 0 Å². The second kappa shape index (κ2) is 45.3. The molecule has 0 atom stereocenters. The summed E-state index contributed by atoms with van der Waals surface area (Å²) in [7, 11) is 0. The summed E-state index contributed by atoms with van der Waals surface area (Å²) in [6.45, 7) is 1.55. The molecule has 13 rings (SSSR count). The van der Waals surface area contributed by atoms with Gasteiger partial charge in [0.25, 0.3) is 0 Å². The molecule has 0 spiro atoms. The van der Waals surface area contributed by atoms with Crippen LogP contribution >= 0.6 is 0 Å². The summed E-state index contributed by atoms with van der Waals surface area (Å²) >= 11 is 0. The van der Waals surface area contributed by atoms with Gasteiger partial charge < -0.3 is 56.8 Å². The fourth-order valence-electron chi connectivity index (χ4n) is 17.1. The predicted molar refractivity (Wildman–Crippen MR) is 442 cm³/mol. The summed E-state index contributed by atoms with van der Waals surface area (Å²) < 4.78 is 77.2. The standard InChI is InChI=1S/C96H116N4O16/c101-93(69-37-45-97-46-38-69)105-53-29-21-13-5-1-9-17-25-33-73-77-57-79-74(34-26-18-10-2-6-14-22-30-54-106-94(102)70-39-47-98-48-40-70)81-59-83-76(36-28-20-12-4-8-16-24-32-56-108-96(104)72-43-51-100-52-44-72)84-60-82-75(35-27-19-11-3-7-15-23-31-55-107-95(103)71-41-49-99-50-42-71)80-58-78(73)86-62-88(80)112-67-114-90(82)64-92(84)116-68-115-91(83)63-89(81)113-66-111-87(79)61-85(77)109-65-110-86/h37-52,57-64,73-76H,1-36,53-56,65-68H2. The van der Waals surface area contributed by atoms with Gasteiger partial charge in [-0.25, -0.2) is 19.2 Å². The van der Waals surface area contributed by atoms with Crippen LogP contribution in [0.15, 0.2) is 147 Å². The molecule has 5 aliphatic rings. The molecule has 116 heavy (non-hydrogen) atoms. The lowest BCUT2D eigenvalue weighted by Gasteiger charge is -2.35. The number of ether oxygens (including phenoxy) is 12. The number of hydrogen-bond acceptors (Lipinski definition) is 20. The van der Waals surface area contributed by atoms with Gasteiger partial charge in [-0.15, -0.1) is 0 Å². The molecule has 0 fully saturated rings. The lowest BCUT2D eigenvalue weighted by atomic mass is 9.76. The zero-order valence-corrected chi connectivity index (χ0v) is 67.6. The molecule has 0 unspecified atom stereocenters. The molecule has 4 aliphatic heterocycles. The minimum Gasteiger partial charge on any atom is -0.462 e. The SMILES string of the molecule is O=C(OCCCCCCCCCCC1c2cc3c4cc2OCOc2cc5c(cc21)C(CCCCCCCCCCOC(=O)c1ccncc1)c1cc2c(cc1OCO5)OCOc1cc(c(cc1C2CCCCCCCCCCOC(=O)c1ccncc1)C3CCCCCCCCCCOC(=O)c1ccncc1)OCO4)c1ccncc1. The Morgan fingerprint density at radius 1 is 0.224 bits per heavy atom. The summed E-state index contributed by atoms with van der Waals surface area (Å²) in [5.41, 5.74) is 11.0. The number of esters is 4. The smallest absolute Gasteiger partial charge is 0.338 e. The zero-order chi connectivity index (χ0) is 79.6. The van der Waals surface area contributed by atoms with E-state index in [9.17, 15) is 19.2 Å². The van der Waals surface area contributed by atoms with Crippen LogP contribution < -0.4 is 37.9 Å². The molecule has 0 radical (unpaired) electrons. The van der Waals surface area contributed by atoms with E-state index in [1.54, 1.807) is 98.1 Å². The number of benzene rings is 4. The van der Waals surface area contributed by atoms with Crippen molar-refractivity contribution in [1.82, 2.24) is 19.9 Å². The molecule has 8 heterocycles. The quantitative estimate of drug-likeness (QED) is 0.0196. The van der Waals surface area contributed by atoms with Gasteiger partial charge in [0.05, 0.1) is 48.7 Å². The number of rotatable bonds is 48. The van der Waals surface area contributed by atoms with Crippen LogP contribution in [-0.2, 0) is 18.9 Å². The third kappa shape index (κ3) is 24.0. The molecule has 0 amide bonds. The van der Waals surface area contributed by atoms with Gasteiger partial charge in [0.15, 0.2) is 0 Å². The van der Waals surface area contributed by atoms with Crippen molar-refractivity contribution in [2.75, 3.05) is 53.6 Å². The van der Waals surface area contributed by atoms with E-state index in [0.29, 0.717) is 48.7 Å². The average molecular weight is 1580 g/mol. The summed E-state index contributed by atoms with van der Waals surface area (Å²) in [6, 6.07) is 31.7. The molecule has 616 valence electrons. The van der Waals surface area contributed by atoms with Gasteiger partial charge in [-0.1, -0.05) is 180 Å². The Balaban J connectivity index is 0.778. The number of aromatic nitrogens is 4. The van der Waals surface area contributed by atoms with Gasteiger partial charge in [0.2, 0.25) is 27.2 Å². The lowest BCUT2D eigenvalue weighted by Crippen LogP contribution is -2.22. The largest absolute Gasteiger partial charge is 0.462 e. The third-order valence-electron chi connectivity index (χ3n) is 23.4. The van der Waals surface area contributed by atoms with Crippen molar-refractivity contribution >= 4 is 23.9 Å². The van der Waals surface area contributed by atoms with Crippen molar-refractivity contribution in [3.05, 3.63) is 213 Å². The minimum atomic E-state index is -0.307. The first-order valence-corrected chi connectivity index (χ1v) is 43.3. The van der Waals surface area contributed by atoms with Crippen molar-refractivity contribution in [2.45, 2.75) is 255 Å². The highest BCUT2D eigenvalue weighted by molar-refractivity contribution is 5.90. The van der Waals surface area contributed by atoms with Crippen LogP contribution in [0.2, 0.25) is 0 Å². The fraction of sp³-hybridized carbons (Fsp3) is 0.500. The molecular formula is C96H116N4O16. The van der Waals surface area contributed by atoms with E-state index in [2.05, 4.69) is 68.5 Å². The summed E-state index contributed by atoms with van der Waals surface area (Å²) in [4.78, 5) is 66.4. The Bertz CT molecular complexity index is 3730. The maximum absolute atomic E-state index is 12.6. The molecular weight excluding hydrogens is 1470 g/mol. The van der Waals surface area contributed by atoms with E-state index in [1.165, 1.54) is 0 Å². The first kappa shape index (κ1) is 83.7. The van der Waals surface area contributed by atoms with Gasteiger partial charge in [-0.2, -0.15) is 0 Å². The molecule has 4 aromatic carbocycles. The van der Waals surface area contributed by atoms with E-state index >= 15 is 0 Å². The normalized spacial score (nSPS) is 15.8. The number of carbonyl (C=O) groups is 4. The molecule has 0 N–H and O–H groups in total. The van der Waals surface area contributed by atoms with E-state index in [1.807, 2.05) is 0 Å². The molecule has 20 nitrogen and oxygen atoms in total. The average Bonchev–Trinajstić information content (AvgIpc) is 0.737. The predicted octanol–water partition coefficient (Wildman–Crippen LogP) is 22.5. The molecule has 0 saturated heterocycles. The Labute approximate surface area is 684 Å². The number of hydrogen-bond donors (Lipinski definition) is 0. The molecule has 8 bridgehead atoms. The Morgan fingerprint density at radius 2 is 0.379 bits per heavy atom. The topological polar surface area (TPSA) is 231 Å². The van der Waals surface area contributed by atoms with Gasteiger partial charge in [0, 0.05) is 142 Å². The van der Waals surface area contributed by atoms with Crippen molar-refractivity contribution in [3.8, 4) is 46.0 Å². The summed E-state index contributed by atoms with van der Waals surface area (Å²) in [5.74, 6) is 4.17. The minimum absolute atomic E-state index is 0.0172. The molecule has 20 heteroatoms. The van der Waals surface area contributed by atoms with Crippen LogP contribution in [0.3, 0.4) is 0 Å². The molecule has 4 aromatic heterocycles. The van der Waals surface area contributed by atoms with Gasteiger partial charge >= 0.3 is 23.9 Å². The van der Waals surface area contributed by atoms with Crippen molar-refractivity contribution in [1.29, 1.82) is 0 Å². The number of pyridine rings is 4.